The molecule has 1 saturated heterocycles. The van der Waals surface area contributed by atoms with Gasteiger partial charge in [0.2, 0.25) is 0 Å². The van der Waals surface area contributed by atoms with Crippen LogP contribution < -0.4 is 10.2 Å². The predicted octanol–water partition coefficient (Wildman–Crippen LogP) is 3.60. The van der Waals surface area contributed by atoms with Crippen molar-refractivity contribution in [2.24, 2.45) is 5.92 Å². The van der Waals surface area contributed by atoms with E-state index in [4.69, 9.17) is 18.0 Å². The molecule has 0 saturated carbocycles. The lowest BCUT2D eigenvalue weighted by Gasteiger charge is -2.26. The molecule has 1 fully saturated rings. The van der Waals surface area contributed by atoms with Gasteiger partial charge in [-0.3, -0.25) is 9.48 Å². The van der Waals surface area contributed by atoms with Crippen LogP contribution in [0.15, 0.2) is 18.3 Å². The van der Waals surface area contributed by atoms with Crippen molar-refractivity contribution in [3.63, 3.8) is 0 Å². The minimum atomic E-state index is -0.219. The average Bonchev–Trinajstić information content (AvgIpc) is 3.24. The van der Waals surface area contributed by atoms with Gasteiger partial charge in [0, 0.05) is 24.8 Å². The molecule has 1 N–H and O–H groups in total. The summed E-state index contributed by atoms with van der Waals surface area (Å²) < 4.78 is 1.90. The molecule has 2 aromatic heterocycles. The van der Waals surface area contributed by atoms with Crippen molar-refractivity contribution in [2.45, 2.75) is 46.2 Å². The highest BCUT2D eigenvalue weighted by Crippen LogP contribution is 2.40. The number of aryl methyl sites for hydroxylation is 1. The van der Waals surface area contributed by atoms with Gasteiger partial charge in [0.1, 0.15) is 11.0 Å². The summed E-state index contributed by atoms with van der Waals surface area (Å²) in [6.45, 7) is 8.21. The normalized spacial score (nSPS) is 16.4. The molecule has 2 aromatic rings. The number of terminal acetylenes is 1. The Morgan fingerprint density at radius 3 is 2.89 bits per heavy atom. The van der Waals surface area contributed by atoms with Gasteiger partial charge in [-0.1, -0.05) is 31.4 Å². The van der Waals surface area contributed by atoms with Gasteiger partial charge in [-0.05, 0) is 37.8 Å². The summed E-state index contributed by atoms with van der Waals surface area (Å²) in [5, 5.41) is 8.02. The maximum Gasteiger partial charge on any atom is 0.253 e. The van der Waals surface area contributed by atoms with Gasteiger partial charge in [0.05, 0.1) is 23.8 Å². The largest absolute Gasteiger partial charge is 0.349 e. The van der Waals surface area contributed by atoms with Crippen molar-refractivity contribution in [1.29, 1.82) is 0 Å². The van der Waals surface area contributed by atoms with Gasteiger partial charge in [0.15, 0.2) is 0 Å². The van der Waals surface area contributed by atoms with Crippen molar-refractivity contribution in [3.8, 4) is 12.3 Å². The van der Waals surface area contributed by atoms with E-state index in [0.717, 1.165) is 43.0 Å². The zero-order valence-corrected chi connectivity index (χ0v) is 17.3. The fourth-order valence-electron chi connectivity index (χ4n) is 3.68. The zero-order chi connectivity index (χ0) is 20.3. The quantitative estimate of drug-likeness (QED) is 0.754. The summed E-state index contributed by atoms with van der Waals surface area (Å²) in [4.78, 5) is 18.8. The first-order valence-corrected chi connectivity index (χ1v) is 9.97. The number of nitrogens with one attached hydrogen (secondary N) is 1. The standard InChI is InChI=1S/C21H26ClN5O/c1-5-10-23-21(28)16-8-9-18(24-12-16)26-11-6-7-17(26)19-15(4)25-27(20(19)22)13-14(2)3/h1,8-9,12,14,17H,6-7,10-11,13H2,2-4H3,(H,23,28). The van der Waals surface area contributed by atoms with Crippen LogP contribution >= 0.6 is 11.6 Å². The van der Waals surface area contributed by atoms with E-state index in [1.54, 1.807) is 12.3 Å². The van der Waals surface area contributed by atoms with Crippen molar-refractivity contribution in [2.75, 3.05) is 18.0 Å². The summed E-state index contributed by atoms with van der Waals surface area (Å²) in [6, 6.07) is 3.80. The lowest BCUT2D eigenvalue weighted by Crippen LogP contribution is -2.26. The topological polar surface area (TPSA) is 63.1 Å². The van der Waals surface area contributed by atoms with Crippen molar-refractivity contribution in [1.82, 2.24) is 20.1 Å². The number of pyridine rings is 1. The Morgan fingerprint density at radius 2 is 2.25 bits per heavy atom. The average molecular weight is 400 g/mol. The number of anilines is 1. The minimum Gasteiger partial charge on any atom is -0.349 e. The van der Waals surface area contributed by atoms with E-state index in [-0.39, 0.29) is 18.5 Å². The predicted molar refractivity (Wildman–Crippen MR) is 112 cm³/mol. The van der Waals surface area contributed by atoms with E-state index in [9.17, 15) is 4.79 Å². The van der Waals surface area contributed by atoms with Crippen LogP contribution in [0.1, 0.15) is 54.3 Å². The number of nitrogens with zero attached hydrogens (tertiary/aromatic N) is 4. The van der Waals surface area contributed by atoms with E-state index in [0.29, 0.717) is 16.6 Å². The third-order valence-corrected chi connectivity index (χ3v) is 5.29. The Bertz CT molecular complexity index is 881. The number of aromatic nitrogens is 3. The van der Waals surface area contributed by atoms with Crippen LogP contribution in [-0.2, 0) is 6.54 Å². The summed E-state index contributed by atoms with van der Waals surface area (Å²) >= 11 is 6.71. The lowest BCUT2D eigenvalue weighted by molar-refractivity contribution is 0.0958. The third-order valence-electron chi connectivity index (χ3n) is 4.89. The first-order chi connectivity index (χ1) is 13.4. The molecule has 0 radical (unpaired) electrons. The van der Waals surface area contributed by atoms with Gasteiger partial charge in [0.25, 0.3) is 5.91 Å². The molecular formula is C21H26ClN5O. The fraction of sp³-hybridized carbons (Fsp3) is 0.476. The van der Waals surface area contributed by atoms with Gasteiger partial charge in [-0.15, -0.1) is 6.42 Å². The molecular weight excluding hydrogens is 374 g/mol. The molecule has 0 bridgehead atoms. The van der Waals surface area contributed by atoms with Crippen LogP contribution in [0.5, 0.6) is 0 Å². The monoisotopic (exact) mass is 399 g/mol. The molecule has 1 aliphatic heterocycles. The van der Waals surface area contributed by atoms with Crippen molar-refractivity contribution in [3.05, 3.63) is 40.3 Å². The summed E-state index contributed by atoms with van der Waals surface area (Å²) in [5.41, 5.74) is 2.54. The molecule has 1 amide bonds. The van der Waals surface area contributed by atoms with Crippen molar-refractivity contribution >= 4 is 23.3 Å². The molecule has 1 aliphatic rings. The number of hydrogen-bond acceptors (Lipinski definition) is 4. The third kappa shape index (κ3) is 4.15. The second-order valence-corrected chi connectivity index (χ2v) is 7.87. The highest BCUT2D eigenvalue weighted by Gasteiger charge is 2.32. The zero-order valence-electron chi connectivity index (χ0n) is 16.6. The Balaban J connectivity index is 1.83. The highest BCUT2D eigenvalue weighted by atomic mass is 35.5. The van der Waals surface area contributed by atoms with Crippen LogP contribution in [0.25, 0.3) is 0 Å². The summed E-state index contributed by atoms with van der Waals surface area (Å²) in [7, 11) is 0. The van der Waals surface area contributed by atoms with Crippen LogP contribution in [0.4, 0.5) is 5.82 Å². The van der Waals surface area contributed by atoms with Crippen molar-refractivity contribution < 1.29 is 4.79 Å². The molecule has 7 heteroatoms. The van der Waals surface area contributed by atoms with E-state index in [2.05, 4.69) is 40.1 Å². The molecule has 3 heterocycles. The van der Waals surface area contributed by atoms with Gasteiger partial charge in [-0.25, -0.2) is 4.98 Å². The SMILES string of the molecule is C#CCNC(=O)c1ccc(N2CCCC2c2c(C)nn(CC(C)C)c2Cl)nc1. The van der Waals surface area contributed by atoms with Crippen LogP contribution in [-0.4, -0.2) is 33.8 Å². The Morgan fingerprint density at radius 1 is 1.46 bits per heavy atom. The number of halogens is 1. The van der Waals surface area contributed by atoms with Crippen LogP contribution in [0, 0.1) is 25.2 Å². The number of amides is 1. The maximum absolute atomic E-state index is 12.0. The lowest BCUT2D eigenvalue weighted by atomic mass is 10.1. The van der Waals surface area contributed by atoms with E-state index < -0.39 is 0 Å². The van der Waals surface area contributed by atoms with E-state index >= 15 is 0 Å². The molecule has 6 nitrogen and oxygen atoms in total. The maximum atomic E-state index is 12.0. The Kier molecular flexibility index (Phi) is 6.25. The Hall–Kier alpha value is -2.52. The fourth-order valence-corrected chi connectivity index (χ4v) is 4.05. The minimum absolute atomic E-state index is 0.141. The number of rotatable bonds is 6. The molecule has 3 rings (SSSR count). The molecule has 28 heavy (non-hydrogen) atoms. The number of carbonyl (C=O) groups excluding carboxylic acids is 1. The second-order valence-electron chi connectivity index (χ2n) is 7.51. The molecule has 1 unspecified atom stereocenters. The first kappa shape index (κ1) is 20.2. The molecule has 1 atom stereocenters. The molecule has 148 valence electrons. The van der Waals surface area contributed by atoms with Gasteiger partial charge in [-0.2, -0.15) is 5.10 Å². The van der Waals surface area contributed by atoms with E-state index in [1.165, 1.54) is 0 Å². The van der Waals surface area contributed by atoms with Crippen LogP contribution in [0.2, 0.25) is 5.15 Å². The highest BCUT2D eigenvalue weighted by molar-refractivity contribution is 6.30. The number of carbonyl (C=O) groups is 1. The van der Waals surface area contributed by atoms with Gasteiger partial charge < -0.3 is 10.2 Å². The van der Waals surface area contributed by atoms with Crippen LogP contribution in [0.3, 0.4) is 0 Å². The first-order valence-electron chi connectivity index (χ1n) is 9.59. The summed E-state index contributed by atoms with van der Waals surface area (Å²) in [6.07, 6.45) is 8.83. The smallest absolute Gasteiger partial charge is 0.253 e. The molecule has 0 aromatic carbocycles. The molecule has 0 spiro atoms. The second kappa shape index (κ2) is 8.66. The Labute approximate surface area is 171 Å². The molecule has 0 aliphatic carbocycles. The van der Waals surface area contributed by atoms with Gasteiger partial charge >= 0.3 is 0 Å². The number of hydrogen-bond donors (Lipinski definition) is 1. The summed E-state index contributed by atoms with van der Waals surface area (Å²) in [5.74, 6) is 3.48. The van der Waals surface area contributed by atoms with E-state index in [1.807, 2.05) is 17.7 Å².